The molecule has 0 aliphatic heterocycles. The van der Waals surface area contributed by atoms with Crippen LogP contribution in [-0.2, 0) is 4.52 Å². The number of nitrogens with zero attached hydrogens (tertiary/aromatic N) is 1. The standard InChI is InChI=1S/C6H13N2OP/c1-3-5-8-10(6-7)9-4-2/h8H,3-5H2,1-2H3. The van der Waals surface area contributed by atoms with Gasteiger partial charge in [-0.2, -0.15) is 5.26 Å². The van der Waals surface area contributed by atoms with Crippen LogP contribution in [0.4, 0.5) is 0 Å². The Bertz CT molecular complexity index is 113. The van der Waals surface area contributed by atoms with Crippen molar-refractivity contribution in [3.63, 3.8) is 0 Å². The van der Waals surface area contributed by atoms with E-state index in [1.807, 2.05) is 6.92 Å². The van der Waals surface area contributed by atoms with Crippen LogP contribution in [0.1, 0.15) is 20.3 Å². The summed E-state index contributed by atoms with van der Waals surface area (Å²) in [4.78, 5) is 0. The van der Waals surface area contributed by atoms with Crippen molar-refractivity contribution in [1.82, 2.24) is 5.09 Å². The summed E-state index contributed by atoms with van der Waals surface area (Å²) in [6.07, 6.45) is 1.04. The molecule has 0 bridgehead atoms. The predicted octanol–water partition coefficient (Wildman–Crippen LogP) is 1.82. The second-order valence-electron chi connectivity index (χ2n) is 1.72. The summed E-state index contributed by atoms with van der Waals surface area (Å²) >= 11 is 0. The van der Waals surface area contributed by atoms with E-state index in [1.54, 1.807) is 0 Å². The molecule has 0 aliphatic rings. The highest BCUT2D eigenvalue weighted by Gasteiger charge is 2.03. The Morgan fingerprint density at radius 3 is 2.70 bits per heavy atom. The summed E-state index contributed by atoms with van der Waals surface area (Å²) < 4.78 is 5.09. The molecule has 0 spiro atoms. The van der Waals surface area contributed by atoms with Crippen LogP contribution in [0.3, 0.4) is 0 Å². The molecule has 58 valence electrons. The minimum absolute atomic E-state index is 0.607. The normalized spacial score (nSPS) is 12.5. The van der Waals surface area contributed by atoms with Gasteiger partial charge in [0.15, 0.2) is 0 Å². The fourth-order valence-corrected chi connectivity index (χ4v) is 1.36. The number of nitrogens with one attached hydrogen (secondary N) is 1. The average Bonchev–Trinajstić information content (AvgIpc) is 1.98. The first-order valence-electron chi connectivity index (χ1n) is 3.41. The van der Waals surface area contributed by atoms with Crippen molar-refractivity contribution in [2.24, 2.45) is 0 Å². The lowest BCUT2D eigenvalue weighted by Gasteiger charge is -2.07. The molecule has 0 saturated carbocycles. The summed E-state index contributed by atoms with van der Waals surface area (Å²) in [5.74, 6) is 2.07. The highest BCUT2D eigenvalue weighted by Crippen LogP contribution is 2.28. The topological polar surface area (TPSA) is 45.0 Å². The van der Waals surface area contributed by atoms with Gasteiger partial charge in [-0.05, 0) is 13.3 Å². The quantitative estimate of drug-likeness (QED) is 0.624. The third kappa shape index (κ3) is 4.69. The SMILES string of the molecule is CCCNP(C#N)OCC. The maximum absolute atomic E-state index is 8.48. The molecular weight excluding hydrogens is 147 g/mol. The van der Waals surface area contributed by atoms with Gasteiger partial charge < -0.3 is 4.52 Å². The Hall–Kier alpha value is -0.160. The molecule has 0 radical (unpaired) electrons. The Morgan fingerprint density at radius 2 is 2.30 bits per heavy atom. The van der Waals surface area contributed by atoms with Crippen molar-refractivity contribution >= 4 is 8.30 Å². The lowest BCUT2D eigenvalue weighted by atomic mass is 10.5. The molecule has 0 saturated heterocycles. The predicted molar refractivity (Wildman–Crippen MR) is 42.5 cm³/mol. The van der Waals surface area contributed by atoms with Gasteiger partial charge in [-0.25, -0.2) is 0 Å². The van der Waals surface area contributed by atoms with Crippen molar-refractivity contribution in [3.05, 3.63) is 0 Å². The Morgan fingerprint density at radius 1 is 1.60 bits per heavy atom. The fraction of sp³-hybridized carbons (Fsp3) is 0.833. The summed E-state index contributed by atoms with van der Waals surface area (Å²) in [7, 11) is -1.01. The summed E-state index contributed by atoms with van der Waals surface area (Å²) in [5, 5.41) is 11.5. The molecule has 4 heteroatoms. The molecule has 1 unspecified atom stereocenters. The molecular formula is C6H13N2OP. The van der Waals surface area contributed by atoms with E-state index in [-0.39, 0.29) is 0 Å². The van der Waals surface area contributed by atoms with Gasteiger partial charge in [-0.1, -0.05) is 6.92 Å². The van der Waals surface area contributed by atoms with E-state index in [9.17, 15) is 0 Å². The van der Waals surface area contributed by atoms with Crippen LogP contribution in [0, 0.1) is 11.1 Å². The van der Waals surface area contributed by atoms with E-state index in [0.29, 0.717) is 6.61 Å². The smallest absolute Gasteiger partial charge is 0.214 e. The van der Waals surface area contributed by atoms with Crippen LogP contribution in [0.15, 0.2) is 0 Å². The van der Waals surface area contributed by atoms with Gasteiger partial charge in [0.25, 0.3) is 0 Å². The first kappa shape index (κ1) is 9.84. The summed E-state index contributed by atoms with van der Waals surface area (Å²) in [6.45, 7) is 5.42. The Kier molecular flexibility index (Phi) is 6.84. The zero-order chi connectivity index (χ0) is 7.82. The molecule has 0 aromatic heterocycles. The third-order valence-corrected chi connectivity index (χ3v) is 2.06. The molecule has 0 amide bonds. The van der Waals surface area contributed by atoms with Crippen molar-refractivity contribution in [3.8, 4) is 5.81 Å². The second kappa shape index (κ2) is 6.95. The zero-order valence-corrected chi connectivity index (χ0v) is 7.32. The number of nitriles is 1. The molecule has 3 nitrogen and oxygen atoms in total. The molecule has 10 heavy (non-hydrogen) atoms. The number of hydrogen-bond acceptors (Lipinski definition) is 3. The summed E-state index contributed by atoms with van der Waals surface area (Å²) in [5.41, 5.74) is 0. The van der Waals surface area contributed by atoms with Crippen molar-refractivity contribution in [2.75, 3.05) is 13.2 Å². The monoisotopic (exact) mass is 160 g/mol. The maximum atomic E-state index is 8.48. The van der Waals surface area contributed by atoms with Crippen LogP contribution in [0.25, 0.3) is 0 Å². The molecule has 1 N–H and O–H groups in total. The molecule has 0 aromatic carbocycles. The van der Waals surface area contributed by atoms with E-state index in [1.165, 1.54) is 0 Å². The lowest BCUT2D eigenvalue weighted by molar-refractivity contribution is 0.377. The molecule has 0 aromatic rings. The van der Waals surface area contributed by atoms with Crippen LogP contribution < -0.4 is 5.09 Å². The van der Waals surface area contributed by atoms with E-state index in [0.717, 1.165) is 13.0 Å². The van der Waals surface area contributed by atoms with E-state index in [4.69, 9.17) is 9.79 Å². The highest BCUT2D eigenvalue weighted by molar-refractivity contribution is 7.55. The fourth-order valence-electron chi connectivity index (χ4n) is 0.452. The van der Waals surface area contributed by atoms with E-state index < -0.39 is 8.30 Å². The minimum atomic E-state index is -1.01. The van der Waals surface area contributed by atoms with Gasteiger partial charge in [-0.3, -0.25) is 5.09 Å². The van der Waals surface area contributed by atoms with Crippen LogP contribution in [0.5, 0.6) is 0 Å². The molecule has 0 fully saturated rings. The van der Waals surface area contributed by atoms with Crippen molar-refractivity contribution < 1.29 is 4.52 Å². The van der Waals surface area contributed by atoms with Gasteiger partial charge in [0.05, 0.1) is 6.61 Å². The van der Waals surface area contributed by atoms with Gasteiger partial charge >= 0.3 is 0 Å². The third-order valence-electron chi connectivity index (χ3n) is 0.854. The Labute approximate surface area is 63.3 Å². The number of hydrogen-bond donors (Lipinski definition) is 1. The van der Waals surface area contributed by atoms with Gasteiger partial charge in [-0.15, -0.1) is 0 Å². The molecule has 1 atom stereocenters. The minimum Gasteiger partial charge on any atom is -0.333 e. The van der Waals surface area contributed by atoms with Crippen LogP contribution in [0.2, 0.25) is 0 Å². The maximum Gasteiger partial charge on any atom is 0.214 e. The highest BCUT2D eigenvalue weighted by atomic mass is 31.2. The van der Waals surface area contributed by atoms with Crippen molar-refractivity contribution in [1.29, 1.82) is 5.26 Å². The Balaban J connectivity index is 3.33. The van der Waals surface area contributed by atoms with Crippen LogP contribution >= 0.6 is 8.30 Å². The van der Waals surface area contributed by atoms with Gasteiger partial charge in [0.1, 0.15) is 5.81 Å². The van der Waals surface area contributed by atoms with Gasteiger partial charge in [0.2, 0.25) is 8.30 Å². The first-order chi connectivity index (χ1) is 4.85. The average molecular weight is 160 g/mol. The number of rotatable bonds is 5. The second-order valence-corrected chi connectivity index (χ2v) is 3.08. The van der Waals surface area contributed by atoms with Crippen LogP contribution in [-0.4, -0.2) is 13.2 Å². The zero-order valence-electron chi connectivity index (χ0n) is 6.42. The largest absolute Gasteiger partial charge is 0.333 e. The molecule has 0 rings (SSSR count). The summed E-state index contributed by atoms with van der Waals surface area (Å²) in [6, 6.07) is 0. The molecule has 0 heterocycles. The lowest BCUT2D eigenvalue weighted by Crippen LogP contribution is -2.08. The van der Waals surface area contributed by atoms with Gasteiger partial charge in [0, 0.05) is 6.54 Å². The van der Waals surface area contributed by atoms with E-state index >= 15 is 0 Å². The van der Waals surface area contributed by atoms with E-state index in [2.05, 4.69) is 17.8 Å². The first-order valence-corrected chi connectivity index (χ1v) is 4.67. The van der Waals surface area contributed by atoms with Crippen molar-refractivity contribution in [2.45, 2.75) is 20.3 Å². The molecule has 0 aliphatic carbocycles.